The van der Waals surface area contributed by atoms with Crippen molar-refractivity contribution in [3.63, 3.8) is 0 Å². The van der Waals surface area contributed by atoms with Crippen LogP contribution in [-0.2, 0) is 4.74 Å². The van der Waals surface area contributed by atoms with Crippen LogP contribution < -0.4 is 5.32 Å². The molecule has 1 N–H and O–H groups in total. The highest BCUT2D eigenvalue weighted by Crippen LogP contribution is 2.26. The number of rotatable bonds is 2. The molecule has 0 saturated heterocycles. The van der Waals surface area contributed by atoms with E-state index in [1.54, 1.807) is 24.5 Å². The maximum atomic E-state index is 12.0. The fraction of sp³-hybridized carbons (Fsp3) is 0.375. The van der Waals surface area contributed by atoms with Crippen LogP contribution in [0.15, 0.2) is 24.5 Å². The number of hydrogen-bond donors (Lipinski definition) is 1. The van der Waals surface area contributed by atoms with Gasteiger partial charge in [0.05, 0.1) is 11.4 Å². The zero-order chi connectivity index (χ0) is 16.3. The largest absolute Gasteiger partial charge is 0.444 e. The Balaban J connectivity index is 2.35. The summed E-state index contributed by atoms with van der Waals surface area (Å²) in [6.07, 6.45) is 2.85. The number of ether oxygens (including phenoxy) is 1. The van der Waals surface area contributed by atoms with Gasteiger partial charge in [0.2, 0.25) is 0 Å². The van der Waals surface area contributed by atoms with Crippen molar-refractivity contribution in [1.29, 1.82) is 0 Å². The van der Waals surface area contributed by atoms with Crippen molar-refractivity contribution in [3.8, 4) is 11.3 Å². The van der Waals surface area contributed by atoms with E-state index in [9.17, 15) is 4.79 Å². The standard InChI is InChI=1S/C16H20N4O2/c1-10-8-14(20-15(21)22-16(3,4)5)12(9-18-10)13-6-7-17-11(2)19-13/h6-9H,1-5H3,(H,18,20,21). The van der Waals surface area contributed by atoms with E-state index in [-0.39, 0.29) is 0 Å². The second-order valence-electron chi connectivity index (χ2n) is 5.99. The predicted molar refractivity (Wildman–Crippen MR) is 84.6 cm³/mol. The molecule has 0 unspecified atom stereocenters. The van der Waals surface area contributed by atoms with Crippen molar-refractivity contribution in [2.24, 2.45) is 0 Å². The van der Waals surface area contributed by atoms with Gasteiger partial charge in [-0.05, 0) is 46.8 Å². The second kappa shape index (κ2) is 6.09. The summed E-state index contributed by atoms with van der Waals surface area (Å²) in [5.74, 6) is 0.654. The second-order valence-corrected chi connectivity index (χ2v) is 5.99. The molecule has 2 aromatic heterocycles. The summed E-state index contributed by atoms with van der Waals surface area (Å²) in [4.78, 5) is 24.7. The number of amides is 1. The van der Waals surface area contributed by atoms with Gasteiger partial charge in [-0.2, -0.15) is 0 Å². The number of hydrogen-bond acceptors (Lipinski definition) is 5. The normalized spacial score (nSPS) is 11.1. The first-order chi connectivity index (χ1) is 10.2. The highest BCUT2D eigenvalue weighted by atomic mass is 16.6. The van der Waals surface area contributed by atoms with Crippen LogP contribution in [0.5, 0.6) is 0 Å². The lowest BCUT2D eigenvalue weighted by atomic mass is 10.1. The Morgan fingerprint density at radius 2 is 1.95 bits per heavy atom. The smallest absolute Gasteiger partial charge is 0.412 e. The zero-order valence-corrected chi connectivity index (χ0v) is 13.5. The van der Waals surface area contributed by atoms with Gasteiger partial charge in [0.15, 0.2) is 0 Å². The number of carbonyl (C=O) groups is 1. The van der Waals surface area contributed by atoms with Gasteiger partial charge in [-0.3, -0.25) is 10.3 Å². The molecule has 6 nitrogen and oxygen atoms in total. The lowest BCUT2D eigenvalue weighted by Crippen LogP contribution is -2.27. The number of nitrogens with zero attached hydrogens (tertiary/aromatic N) is 3. The zero-order valence-electron chi connectivity index (χ0n) is 13.5. The molecule has 0 fully saturated rings. The molecule has 0 bridgehead atoms. The summed E-state index contributed by atoms with van der Waals surface area (Å²) in [6, 6.07) is 3.57. The fourth-order valence-electron chi connectivity index (χ4n) is 1.89. The van der Waals surface area contributed by atoms with E-state index >= 15 is 0 Å². The highest BCUT2D eigenvalue weighted by molar-refractivity contribution is 5.90. The molecule has 2 aromatic rings. The molecule has 2 heterocycles. The minimum atomic E-state index is -0.558. The van der Waals surface area contributed by atoms with Crippen molar-refractivity contribution >= 4 is 11.8 Å². The fourth-order valence-corrected chi connectivity index (χ4v) is 1.89. The lowest BCUT2D eigenvalue weighted by Gasteiger charge is -2.20. The Hall–Kier alpha value is -2.50. The van der Waals surface area contributed by atoms with Crippen LogP contribution in [0.3, 0.4) is 0 Å². The monoisotopic (exact) mass is 300 g/mol. The van der Waals surface area contributed by atoms with E-state index in [1.807, 2.05) is 34.6 Å². The molecular formula is C16H20N4O2. The molecule has 0 saturated carbocycles. The Morgan fingerprint density at radius 3 is 2.59 bits per heavy atom. The first-order valence-electron chi connectivity index (χ1n) is 7.01. The summed E-state index contributed by atoms with van der Waals surface area (Å²) in [5.41, 5.74) is 2.27. The Morgan fingerprint density at radius 1 is 1.23 bits per heavy atom. The van der Waals surface area contributed by atoms with Crippen LogP contribution in [0.2, 0.25) is 0 Å². The van der Waals surface area contributed by atoms with Gasteiger partial charge >= 0.3 is 6.09 Å². The average Bonchev–Trinajstić information content (AvgIpc) is 2.36. The maximum absolute atomic E-state index is 12.0. The third-order valence-electron chi connectivity index (χ3n) is 2.73. The third-order valence-corrected chi connectivity index (χ3v) is 2.73. The van der Waals surface area contributed by atoms with Crippen molar-refractivity contribution in [3.05, 3.63) is 36.0 Å². The SMILES string of the molecule is Cc1cc(NC(=O)OC(C)(C)C)c(-c2ccnc(C)n2)cn1. The molecule has 0 spiro atoms. The van der Waals surface area contributed by atoms with Crippen molar-refractivity contribution in [2.45, 2.75) is 40.2 Å². The maximum Gasteiger partial charge on any atom is 0.412 e. The van der Waals surface area contributed by atoms with Crippen molar-refractivity contribution in [2.75, 3.05) is 5.32 Å². The number of nitrogens with one attached hydrogen (secondary N) is 1. The molecule has 0 aromatic carbocycles. The van der Waals surface area contributed by atoms with E-state index in [1.165, 1.54) is 0 Å². The van der Waals surface area contributed by atoms with Crippen LogP contribution in [0.1, 0.15) is 32.3 Å². The van der Waals surface area contributed by atoms with Crippen LogP contribution >= 0.6 is 0 Å². The van der Waals surface area contributed by atoms with Gasteiger partial charge < -0.3 is 4.74 Å². The molecule has 116 valence electrons. The molecule has 0 aliphatic carbocycles. The van der Waals surface area contributed by atoms with E-state index in [4.69, 9.17) is 4.74 Å². The van der Waals surface area contributed by atoms with E-state index < -0.39 is 11.7 Å². The van der Waals surface area contributed by atoms with Gasteiger partial charge in [-0.25, -0.2) is 14.8 Å². The molecule has 1 amide bonds. The molecule has 2 rings (SSSR count). The minimum absolute atomic E-state index is 0.509. The van der Waals surface area contributed by atoms with Crippen LogP contribution in [0.4, 0.5) is 10.5 Å². The molecule has 0 atom stereocenters. The van der Waals surface area contributed by atoms with Crippen LogP contribution in [0, 0.1) is 13.8 Å². The molecular weight excluding hydrogens is 280 g/mol. The van der Waals surface area contributed by atoms with Gasteiger partial charge in [0, 0.05) is 23.7 Å². The summed E-state index contributed by atoms with van der Waals surface area (Å²) in [5, 5.41) is 2.76. The molecule has 22 heavy (non-hydrogen) atoms. The van der Waals surface area contributed by atoms with E-state index in [2.05, 4.69) is 20.3 Å². The van der Waals surface area contributed by atoms with Gasteiger partial charge in [0.25, 0.3) is 0 Å². The Labute approximate surface area is 130 Å². The van der Waals surface area contributed by atoms with E-state index in [0.29, 0.717) is 17.2 Å². The summed E-state index contributed by atoms with van der Waals surface area (Å²) in [6.45, 7) is 9.12. The number of aromatic nitrogens is 3. The number of pyridine rings is 1. The summed E-state index contributed by atoms with van der Waals surface area (Å²) >= 11 is 0. The molecule has 0 aliphatic heterocycles. The summed E-state index contributed by atoms with van der Waals surface area (Å²) in [7, 11) is 0. The lowest BCUT2D eigenvalue weighted by molar-refractivity contribution is 0.0636. The van der Waals surface area contributed by atoms with Crippen molar-refractivity contribution in [1.82, 2.24) is 15.0 Å². The van der Waals surface area contributed by atoms with Gasteiger partial charge in [-0.1, -0.05) is 0 Å². The number of aryl methyl sites for hydroxylation is 2. The van der Waals surface area contributed by atoms with E-state index in [0.717, 1.165) is 11.3 Å². The number of carbonyl (C=O) groups excluding carboxylic acids is 1. The molecule has 0 radical (unpaired) electrons. The van der Waals surface area contributed by atoms with Gasteiger partial charge in [-0.15, -0.1) is 0 Å². The number of anilines is 1. The Kier molecular flexibility index (Phi) is 4.40. The average molecular weight is 300 g/mol. The third kappa shape index (κ3) is 4.25. The summed E-state index contributed by atoms with van der Waals surface area (Å²) < 4.78 is 5.29. The van der Waals surface area contributed by atoms with Crippen LogP contribution in [-0.4, -0.2) is 26.6 Å². The minimum Gasteiger partial charge on any atom is -0.444 e. The predicted octanol–water partition coefficient (Wildman–Crippen LogP) is 3.50. The van der Waals surface area contributed by atoms with Crippen molar-refractivity contribution < 1.29 is 9.53 Å². The molecule has 0 aliphatic rings. The quantitative estimate of drug-likeness (QED) is 0.918. The van der Waals surface area contributed by atoms with Crippen LogP contribution in [0.25, 0.3) is 11.3 Å². The highest BCUT2D eigenvalue weighted by Gasteiger charge is 2.18. The first kappa shape index (κ1) is 15.9. The molecule has 6 heteroatoms. The topological polar surface area (TPSA) is 77.0 Å². The first-order valence-corrected chi connectivity index (χ1v) is 7.01. The van der Waals surface area contributed by atoms with Gasteiger partial charge in [0.1, 0.15) is 11.4 Å². The Bertz CT molecular complexity index is 693.